The minimum Gasteiger partial charge on any atom is -0.351 e. The molecule has 1 fully saturated rings. The second kappa shape index (κ2) is 7.04. The molecule has 4 rings (SSSR count). The van der Waals surface area contributed by atoms with Crippen LogP contribution < -0.4 is 16.2 Å². The summed E-state index contributed by atoms with van der Waals surface area (Å²) in [5, 5.41) is 2.99. The quantitative estimate of drug-likeness (QED) is 0.662. The van der Waals surface area contributed by atoms with E-state index in [1.807, 2.05) is 54.9 Å². The topological polar surface area (TPSA) is 71.0 Å². The molecule has 6 nitrogen and oxygen atoms in total. The fourth-order valence-electron chi connectivity index (χ4n) is 3.22. The SMILES string of the molecule is O=C(NCc1ccccc1)C1CC(Cn2cnc3ccccc32)NN1. The highest BCUT2D eigenvalue weighted by atomic mass is 16.2. The first-order chi connectivity index (χ1) is 12.3. The third-order valence-corrected chi connectivity index (χ3v) is 4.55. The summed E-state index contributed by atoms with van der Waals surface area (Å²) >= 11 is 0. The number of fused-ring (bicyclic) bond motifs is 1. The van der Waals surface area contributed by atoms with E-state index >= 15 is 0 Å². The summed E-state index contributed by atoms with van der Waals surface area (Å²) in [6.07, 6.45) is 2.60. The van der Waals surface area contributed by atoms with Crippen LogP contribution in [0.1, 0.15) is 12.0 Å². The first kappa shape index (κ1) is 15.8. The molecule has 3 N–H and O–H groups in total. The summed E-state index contributed by atoms with van der Waals surface area (Å²) in [6.45, 7) is 1.32. The molecule has 0 spiro atoms. The molecule has 2 aromatic carbocycles. The molecule has 2 heterocycles. The number of para-hydroxylation sites is 2. The van der Waals surface area contributed by atoms with Crippen LogP contribution in [0.4, 0.5) is 0 Å². The standard InChI is InChI=1S/C19H21N5O/c25-19(20-11-14-6-2-1-3-7-14)17-10-15(22-23-17)12-24-13-21-16-8-4-5-9-18(16)24/h1-9,13,15,17,22-23H,10-12H2,(H,20,25). The van der Waals surface area contributed by atoms with E-state index < -0.39 is 0 Å². The number of carbonyl (C=O) groups is 1. The van der Waals surface area contributed by atoms with Crippen LogP contribution in [0.2, 0.25) is 0 Å². The second-order valence-electron chi connectivity index (χ2n) is 6.36. The van der Waals surface area contributed by atoms with Crippen LogP contribution in [0, 0.1) is 0 Å². The van der Waals surface area contributed by atoms with Gasteiger partial charge in [-0.15, -0.1) is 0 Å². The fraction of sp³-hybridized carbons (Fsp3) is 0.263. The third-order valence-electron chi connectivity index (χ3n) is 4.55. The Morgan fingerprint density at radius 2 is 1.92 bits per heavy atom. The lowest BCUT2D eigenvalue weighted by Crippen LogP contribution is -2.43. The molecule has 2 atom stereocenters. The number of hydrogen-bond donors (Lipinski definition) is 3. The van der Waals surface area contributed by atoms with E-state index in [1.54, 1.807) is 0 Å². The number of hydrazine groups is 1. The minimum atomic E-state index is -0.219. The lowest BCUT2D eigenvalue weighted by molar-refractivity contribution is -0.123. The number of carbonyl (C=O) groups excluding carboxylic acids is 1. The zero-order valence-corrected chi connectivity index (χ0v) is 13.9. The Hall–Kier alpha value is -2.70. The fourth-order valence-corrected chi connectivity index (χ4v) is 3.22. The zero-order valence-electron chi connectivity index (χ0n) is 13.9. The number of amides is 1. The monoisotopic (exact) mass is 335 g/mol. The van der Waals surface area contributed by atoms with Crippen molar-refractivity contribution in [2.45, 2.75) is 31.6 Å². The van der Waals surface area contributed by atoms with Crippen molar-refractivity contribution in [1.29, 1.82) is 0 Å². The van der Waals surface area contributed by atoms with Gasteiger partial charge in [-0.25, -0.2) is 10.4 Å². The molecule has 6 heteroatoms. The first-order valence-corrected chi connectivity index (χ1v) is 8.52. The van der Waals surface area contributed by atoms with Crippen molar-refractivity contribution in [1.82, 2.24) is 25.7 Å². The maximum Gasteiger partial charge on any atom is 0.238 e. The van der Waals surface area contributed by atoms with Gasteiger partial charge in [-0.1, -0.05) is 42.5 Å². The largest absolute Gasteiger partial charge is 0.351 e. The molecule has 1 aromatic heterocycles. The van der Waals surface area contributed by atoms with Gasteiger partial charge >= 0.3 is 0 Å². The van der Waals surface area contributed by atoms with Crippen molar-refractivity contribution < 1.29 is 4.79 Å². The van der Waals surface area contributed by atoms with E-state index in [-0.39, 0.29) is 18.0 Å². The molecule has 25 heavy (non-hydrogen) atoms. The summed E-state index contributed by atoms with van der Waals surface area (Å²) in [6, 6.07) is 18.0. The number of aromatic nitrogens is 2. The Bertz CT molecular complexity index is 860. The number of nitrogens with one attached hydrogen (secondary N) is 3. The molecule has 1 amide bonds. The third kappa shape index (κ3) is 3.55. The molecule has 128 valence electrons. The van der Waals surface area contributed by atoms with Crippen LogP contribution in [0.25, 0.3) is 11.0 Å². The van der Waals surface area contributed by atoms with Gasteiger partial charge in [-0.3, -0.25) is 10.2 Å². The van der Waals surface area contributed by atoms with Crippen molar-refractivity contribution >= 4 is 16.9 Å². The van der Waals surface area contributed by atoms with Gasteiger partial charge in [0.2, 0.25) is 5.91 Å². The van der Waals surface area contributed by atoms with Crippen molar-refractivity contribution in [2.75, 3.05) is 0 Å². The van der Waals surface area contributed by atoms with Gasteiger partial charge in [0.15, 0.2) is 0 Å². The molecule has 0 radical (unpaired) electrons. The maximum absolute atomic E-state index is 12.3. The molecule has 0 aliphatic carbocycles. The number of rotatable bonds is 5. The summed E-state index contributed by atoms with van der Waals surface area (Å²) in [4.78, 5) is 16.8. The minimum absolute atomic E-state index is 0.0225. The van der Waals surface area contributed by atoms with Gasteiger partial charge in [0, 0.05) is 19.1 Å². The molecule has 0 bridgehead atoms. The summed E-state index contributed by atoms with van der Waals surface area (Å²) in [7, 11) is 0. The van der Waals surface area contributed by atoms with Crippen LogP contribution in [-0.4, -0.2) is 27.5 Å². The van der Waals surface area contributed by atoms with Gasteiger partial charge in [-0.2, -0.15) is 0 Å². The molecule has 2 unspecified atom stereocenters. The van der Waals surface area contributed by atoms with Crippen LogP contribution in [0.5, 0.6) is 0 Å². The van der Waals surface area contributed by atoms with E-state index in [0.717, 1.165) is 29.6 Å². The Kier molecular flexibility index (Phi) is 4.45. The molecule has 1 aliphatic rings. The van der Waals surface area contributed by atoms with Crippen molar-refractivity contribution in [3.8, 4) is 0 Å². The Labute approximate surface area is 146 Å². The van der Waals surface area contributed by atoms with Gasteiger partial charge in [-0.05, 0) is 24.1 Å². The Balaban J connectivity index is 1.32. The summed E-state index contributed by atoms with van der Waals surface area (Å²) in [5.74, 6) is 0.0225. The molecular formula is C19H21N5O. The van der Waals surface area contributed by atoms with Gasteiger partial charge in [0.05, 0.1) is 17.4 Å². The average Bonchev–Trinajstić information content (AvgIpc) is 3.29. The van der Waals surface area contributed by atoms with E-state index in [0.29, 0.717) is 6.54 Å². The average molecular weight is 335 g/mol. The van der Waals surface area contributed by atoms with Crippen molar-refractivity contribution in [3.05, 3.63) is 66.5 Å². The van der Waals surface area contributed by atoms with Crippen LogP contribution in [-0.2, 0) is 17.9 Å². The second-order valence-corrected chi connectivity index (χ2v) is 6.36. The normalized spacial score (nSPS) is 20.0. The van der Waals surface area contributed by atoms with Crippen molar-refractivity contribution in [2.24, 2.45) is 0 Å². The highest BCUT2D eigenvalue weighted by molar-refractivity contribution is 5.82. The number of nitrogens with zero attached hydrogens (tertiary/aromatic N) is 2. The van der Waals surface area contributed by atoms with Crippen LogP contribution in [0.3, 0.4) is 0 Å². The predicted molar refractivity (Wildman–Crippen MR) is 96.5 cm³/mol. The van der Waals surface area contributed by atoms with Crippen LogP contribution >= 0.6 is 0 Å². The summed E-state index contributed by atoms with van der Waals surface area (Å²) < 4.78 is 2.12. The lowest BCUT2D eigenvalue weighted by atomic mass is 10.1. The van der Waals surface area contributed by atoms with Gasteiger partial charge in [0.25, 0.3) is 0 Å². The summed E-state index contributed by atoms with van der Waals surface area (Å²) in [5.41, 5.74) is 9.54. The van der Waals surface area contributed by atoms with E-state index in [2.05, 4.69) is 31.8 Å². The van der Waals surface area contributed by atoms with E-state index in [4.69, 9.17) is 0 Å². The number of imidazole rings is 1. The van der Waals surface area contributed by atoms with E-state index in [9.17, 15) is 4.79 Å². The smallest absolute Gasteiger partial charge is 0.238 e. The molecule has 0 saturated carbocycles. The Morgan fingerprint density at radius 3 is 2.80 bits per heavy atom. The van der Waals surface area contributed by atoms with Gasteiger partial charge < -0.3 is 9.88 Å². The van der Waals surface area contributed by atoms with Gasteiger partial charge in [0.1, 0.15) is 6.04 Å². The zero-order chi connectivity index (χ0) is 17.1. The molecule has 1 aliphatic heterocycles. The van der Waals surface area contributed by atoms with Crippen LogP contribution in [0.15, 0.2) is 60.9 Å². The number of hydrogen-bond acceptors (Lipinski definition) is 4. The molecular weight excluding hydrogens is 314 g/mol. The first-order valence-electron chi connectivity index (χ1n) is 8.52. The highest BCUT2D eigenvalue weighted by Crippen LogP contribution is 2.15. The van der Waals surface area contributed by atoms with Crippen molar-refractivity contribution in [3.63, 3.8) is 0 Å². The number of benzene rings is 2. The molecule has 3 aromatic rings. The highest BCUT2D eigenvalue weighted by Gasteiger charge is 2.29. The Morgan fingerprint density at radius 1 is 1.12 bits per heavy atom. The lowest BCUT2D eigenvalue weighted by Gasteiger charge is -2.11. The predicted octanol–water partition coefficient (Wildman–Crippen LogP) is 1.59. The van der Waals surface area contributed by atoms with E-state index in [1.165, 1.54) is 0 Å². The molecule has 1 saturated heterocycles. The maximum atomic E-state index is 12.3.